The van der Waals surface area contributed by atoms with Crippen LogP contribution in [-0.4, -0.2) is 27.8 Å². The number of furan rings is 1. The van der Waals surface area contributed by atoms with E-state index < -0.39 is 11.9 Å². The lowest BCUT2D eigenvalue weighted by molar-refractivity contribution is -0.129. The van der Waals surface area contributed by atoms with Gasteiger partial charge in [0.1, 0.15) is 0 Å². The molecular formula is C23H17ClN2O5. The molecule has 0 radical (unpaired) electrons. The maximum atomic E-state index is 12.8. The molecule has 7 nitrogen and oxygen atoms in total. The molecule has 2 aromatic heterocycles. The molecule has 156 valence electrons. The van der Waals surface area contributed by atoms with Crippen molar-refractivity contribution in [3.8, 4) is 11.1 Å². The SMILES string of the molecule is Cc1cc(Cl)cc(C(=O)O)c1N(C(=O)C=O)c1cn(C)c2ccc(-c3ccoc3)cc12. The number of fused-ring (bicyclic) bond motifs is 1. The molecule has 8 heteroatoms. The monoisotopic (exact) mass is 436 g/mol. The van der Waals surface area contributed by atoms with Crippen molar-refractivity contribution in [3.05, 3.63) is 71.3 Å². The molecule has 0 spiro atoms. The van der Waals surface area contributed by atoms with Gasteiger partial charge in [0, 0.05) is 34.7 Å². The average molecular weight is 437 g/mol. The molecule has 0 atom stereocenters. The zero-order chi connectivity index (χ0) is 22.3. The van der Waals surface area contributed by atoms with Gasteiger partial charge in [-0.05, 0) is 48.4 Å². The van der Waals surface area contributed by atoms with Crippen LogP contribution in [0.2, 0.25) is 5.02 Å². The normalized spacial score (nSPS) is 10.9. The number of halogens is 1. The molecule has 0 aliphatic rings. The number of carboxylic acids is 1. The number of hydrogen-bond acceptors (Lipinski definition) is 4. The summed E-state index contributed by atoms with van der Waals surface area (Å²) >= 11 is 6.06. The van der Waals surface area contributed by atoms with E-state index in [0.29, 0.717) is 16.6 Å². The number of benzene rings is 2. The summed E-state index contributed by atoms with van der Waals surface area (Å²) in [6.45, 7) is 1.64. The van der Waals surface area contributed by atoms with E-state index >= 15 is 0 Å². The third-order valence-corrected chi connectivity index (χ3v) is 5.32. The van der Waals surface area contributed by atoms with E-state index in [0.717, 1.165) is 21.5 Å². The Bertz CT molecular complexity index is 1340. The van der Waals surface area contributed by atoms with Gasteiger partial charge in [0.15, 0.2) is 0 Å². The van der Waals surface area contributed by atoms with Gasteiger partial charge in [-0.1, -0.05) is 17.7 Å². The molecule has 31 heavy (non-hydrogen) atoms. The quantitative estimate of drug-likeness (QED) is 0.352. The molecule has 1 N–H and O–H groups in total. The smallest absolute Gasteiger partial charge is 0.337 e. The summed E-state index contributed by atoms with van der Waals surface area (Å²) < 4.78 is 6.97. The number of amides is 1. The number of carbonyl (C=O) groups is 3. The number of hydrogen-bond donors (Lipinski definition) is 1. The zero-order valence-electron chi connectivity index (χ0n) is 16.6. The molecule has 4 aromatic rings. The van der Waals surface area contributed by atoms with Crippen LogP contribution >= 0.6 is 11.6 Å². The first-order chi connectivity index (χ1) is 14.8. The predicted molar refractivity (Wildman–Crippen MR) is 117 cm³/mol. The molecule has 2 aromatic carbocycles. The number of aromatic carboxylic acids is 1. The average Bonchev–Trinajstić information content (AvgIpc) is 3.38. The van der Waals surface area contributed by atoms with Crippen molar-refractivity contribution in [1.29, 1.82) is 0 Å². The lowest BCUT2D eigenvalue weighted by atomic mass is 10.0. The minimum absolute atomic E-state index is 0.0928. The maximum Gasteiger partial charge on any atom is 0.337 e. The highest BCUT2D eigenvalue weighted by molar-refractivity contribution is 6.35. The number of rotatable bonds is 5. The molecule has 0 aliphatic heterocycles. The van der Waals surface area contributed by atoms with E-state index in [1.54, 1.807) is 43.3 Å². The van der Waals surface area contributed by atoms with E-state index in [2.05, 4.69) is 0 Å². The number of nitrogens with zero attached hydrogens (tertiary/aromatic N) is 2. The number of aromatic nitrogens is 1. The Kier molecular flexibility index (Phi) is 5.12. The summed E-state index contributed by atoms with van der Waals surface area (Å²) in [7, 11) is 1.81. The Hall–Kier alpha value is -3.84. The molecule has 2 heterocycles. The van der Waals surface area contributed by atoms with Crippen LogP contribution in [0, 0.1) is 6.92 Å². The molecule has 0 fully saturated rings. The van der Waals surface area contributed by atoms with Gasteiger partial charge in [0.25, 0.3) is 5.91 Å². The topological polar surface area (TPSA) is 92.8 Å². The van der Waals surface area contributed by atoms with Gasteiger partial charge in [-0.2, -0.15) is 0 Å². The van der Waals surface area contributed by atoms with Crippen LogP contribution in [-0.2, 0) is 16.6 Å². The van der Waals surface area contributed by atoms with Crippen molar-refractivity contribution in [3.63, 3.8) is 0 Å². The second kappa shape index (κ2) is 7.77. The fourth-order valence-electron chi connectivity index (χ4n) is 3.76. The van der Waals surface area contributed by atoms with Crippen LogP contribution in [0.4, 0.5) is 11.4 Å². The minimum Gasteiger partial charge on any atom is -0.478 e. The first-order valence-electron chi connectivity index (χ1n) is 9.26. The Morgan fingerprint density at radius 3 is 2.58 bits per heavy atom. The van der Waals surface area contributed by atoms with Crippen LogP contribution < -0.4 is 4.90 Å². The fraction of sp³-hybridized carbons (Fsp3) is 0.0870. The summed E-state index contributed by atoms with van der Waals surface area (Å²) in [6, 6.07) is 10.3. The van der Waals surface area contributed by atoms with Gasteiger partial charge in [-0.15, -0.1) is 0 Å². The van der Waals surface area contributed by atoms with Crippen molar-refractivity contribution in [2.75, 3.05) is 4.90 Å². The Morgan fingerprint density at radius 1 is 1.16 bits per heavy atom. The number of carbonyl (C=O) groups excluding carboxylic acids is 2. The molecule has 4 rings (SSSR count). The van der Waals surface area contributed by atoms with Gasteiger partial charge in [0.05, 0.1) is 29.5 Å². The number of carboxylic acid groups (broad SMARTS) is 1. The standard InChI is InChI=1S/C23H17ClN2O5/c1-13-7-16(24)9-18(23(29)30)22(13)26(21(28)11-27)20-10-25(2)19-4-3-14(8-17(19)20)15-5-6-31-12-15/h3-12H,1-2H3,(H,29,30). The van der Waals surface area contributed by atoms with Crippen molar-refractivity contribution in [2.24, 2.45) is 7.05 Å². The Labute approximate surface area is 182 Å². The predicted octanol–water partition coefficient (Wildman–Crippen LogP) is 4.96. The summed E-state index contributed by atoms with van der Waals surface area (Å²) in [4.78, 5) is 37.4. The van der Waals surface area contributed by atoms with Crippen LogP contribution in [0.5, 0.6) is 0 Å². The zero-order valence-corrected chi connectivity index (χ0v) is 17.4. The molecular weight excluding hydrogens is 420 g/mol. The summed E-state index contributed by atoms with van der Waals surface area (Å²) in [5.74, 6) is -2.15. The number of anilines is 2. The first kappa shape index (κ1) is 20.4. The van der Waals surface area contributed by atoms with E-state index in [1.165, 1.54) is 6.07 Å². The highest BCUT2D eigenvalue weighted by Gasteiger charge is 2.28. The molecule has 0 unspecified atom stereocenters. The van der Waals surface area contributed by atoms with Gasteiger partial charge in [-0.25, -0.2) is 4.79 Å². The fourth-order valence-corrected chi connectivity index (χ4v) is 4.03. The van der Waals surface area contributed by atoms with Crippen LogP contribution in [0.1, 0.15) is 15.9 Å². The van der Waals surface area contributed by atoms with Crippen LogP contribution in [0.15, 0.2) is 59.5 Å². The van der Waals surface area contributed by atoms with Crippen molar-refractivity contribution >= 4 is 52.0 Å². The molecule has 0 saturated heterocycles. The first-order valence-corrected chi connectivity index (χ1v) is 9.64. The third-order valence-electron chi connectivity index (χ3n) is 5.10. The lowest BCUT2D eigenvalue weighted by Crippen LogP contribution is -2.29. The summed E-state index contributed by atoms with van der Waals surface area (Å²) in [6.07, 6.45) is 5.01. The molecule has 0 aliphatic carbocycles. The van der Waals surface area contributed by atoms with Crippen molar-refractivity contribution < 1.29 is 23.9 Å². The summed E-state index contributed by atoms with van der Waals surface area (Å²) in [5, 5.41) is 10.6. The largest absolute Gasteiger partial charge is 0.478 e. The van der Waals surface area contributed by atoms with Gasteiger partial charge in [-0.3, -0.25) is 14.5 Å². The van der Waals surface area contributed by atoms with E-state index in [-0.39, 0.29) is 22.6 Å². The van der Waals surface area contributed by atoms with Gasteiger partial charge in [0.2, 0.25) is 6.29 Å². The van der Waals surface area contributed by atoms with Gasteiger partial charge >= 0.3 is 5.97 Å². The summed E-state index contributed by atoms with van der Waals surface area (Å²) in [5.41, 5.74) is 3.24. The van der Waals surface area contributed by atoms with E-state index in [1.807, 2.05) is 24.3 Å². The van der Waals surface area contributed by atoms with Crippen molar-refractivity contribution in [1.82, 2.24) is 4.57 Å². The third kappa shape index (κ3) is 3.49. The highest BCUT2D eigenvalue weighted by Crippen LogP contribution is 2.39. The highest BCUT2D eigenvalue weighted by atomic mass is 35.5. The number of aldehydes is 1. The number of aryl methyl sites for hydroxylation is 2. The minimum atomic E-state index is -1.26. The van der Waals surface area contributed by atoms with E-state index in [4.69, 9.17) is 16.0 Å². The second-order valence-electron chi connectivity index (χ2n) is 7.08. The van der Waals surface area contributed by atoms with Crippen LogP contribution in [0.3, 0.4) is 0 Å². The molecule has 0 saturated carbocycles. The molecule has 0 bridgehead atoms. The Balaban J connectivity index is 2.03. The van der Waals surface area contributed by atoms with Crippen molar-refractivity contribution in [2.45, 2.75) is 6.92 Å². The van der Waals surface area contributed by atoms with Crippen LogP contribution in [0.25, 0.3) is 22.0 Å². The molecule has 1 amide bonds. The second-order valence-corrected chi connectivity index (χ2v) is 7.52. The maximum absolute atomic E-state index is 12.8. The van der Waals surface area contributed by atoms with Gasteiger partial charge < -0.3 is 14.1 Å². The Morgan fingerprint density at radius 2 is 1.94 bits per heavy atom. The lowest BCUT2D eigenvalue weighted by Gasteiger charge is -2.24. The van der Waals surface area contributed by atoms with E-state index in [9.17, 15) is 19.5 Å².